The molecular formula is C21H28N4O6. The Morgan fingerprint density at radius 3 is 2.29 bits per heavy atom. The number of para-hydroxylation sites is 1. The van der Waals surface area contributed by atoms with Gasteiger partial charge in [0, 0.05) is 23.5 Å². The number of carbonyl (C=O) groups excluding carboxylic acids is 2. The first-order valence-corrected chi connectivity index (χ1v) is 9.94. The molecule has 0 bridgehead atoms. The zero-order valence-electron chi connectivity index (χ0n) is 17.4. The van der Waals surface area contributed by atoms with Gasteiger partial charge in [-0.3, -0.25) is 14.4 Å². The Labute approximate surface area is 179 Å². The van der Waals surface area contributed by atoms with Crippen LogP contribution in [0.15, 0.2) is 30.5 Å². The zero-order valence-corrected chi connectivity index (χ0v) is 17.4. The SMILES string of the molecule is CC(C)C[C@H](N)C(=O)N[C@@H](CC(=O)O)C(=O)N[C@@H](Cc1c[nH]c2ccccc12)C(=O)O. The standard InChI is InChI=1S/C21H28N4O6/c1-11(2)7-14(22)19(28)24-16(9-18(26)27)20(29)25-17(21(30)31)8-12-10-23-15-6-4-3-5-13(12)15/h3-6,10-11,14,16-17,23H,7-9,22H2,1-2H3,(H,24,28)(H,25,29)(H,26,27)(H,30,31)/t14-,16-,17-/m0/s1. The summed E-state index contributed by atoms with van der Waals surface area (Å²) in [7, 11) is 0. The molecule has 10 nitrogen and oxygen atoms in total. The second-order valence-corrected chi connectivity index (χ2v) is 7.86. The number of rotatable bonds is 11. The van der Waals surface area contributed by atoms with Crippen LogP contribution in [-0.2, 0) is 25.6 Å². The first-order chi connectivity index (χ1) is 14.6. The third-order valence-corrected chi connectivity index (χ3v) is 4.79. The molecule has 10 heteroatoms. The summed E-state index contributed by atoms with van der Waals surface area (Å²) in [6, 6.07) is 3.63. The molecule has 0 saturated heterocycles. The fourth-order valence-electron chi connectivity index (χ4n) is 3.27. The minimum absolute atomic E-state index is 0.0221. The number of aromatic nitrogens is 1. The number of carboxylic acids is 2. The van der Waals surface area contributed by atoms with Crippen LogP contribution in [0.4, 0.5) is 0 Å². The van der Waals surface area contributed by atoms with Gasteiger partial charge in [0.2, 0.25) is 11.8 Å². The highest BCUT2D eigenvalue weighted by Crippen LogP contribution is 2.19. The third-order valence-electron chi connectivity index (χ3n) is 4.79. The van der Waals surface area contributed by atoms with Crippen molar-refractivity contribution in [3.05, 3.63) is 36.0 Å². The predicted molar refractivity (Wildman–Crippen MR) is 113 cm³/mol. The second-order valence-electron chi connectivity index (χ2n) is 7.86. The highest BCUT2D eigenvalue weighted by atomic mass is 16.4. The van der Waals surface area contributed by atoms with Gasteiger partial charge in [-0.05, 0) is 24.0 Å². The average molecular weight is 432 g/mol. The van der Waals surface area contributed by atoms with E-state index in [1.165, 1.54) is 0 Å². The Morgan fingerprint density at radius 2 is 1.68 bits per heavy atom. The number of fused-ring (bicyclic) bond motifs is 1. The molecule has 0 saturated carbocycles. The Hall–Kier alpha value is -3.40. The zero-order chi connectivity index (χ0) is 23.1. The normalized spacial score (nSPS) is 14.1. The largest absolute Gasteiger partial charge is 0.481 e. The van der Waals surface area contributed by atoms with Crippen molar-refractivity contribution in [2.45, 2.75) is 51.2 Å². The summed E-state index contributed by atoms with van der Waals surface area (Å²) < 4.78 is 0. The predicted octanol–water partition coefficient (Wildman–Crippen LogP) is 0.613. The molecule has 1 aromatic carbocycles. The van der Waals surface area contributed by atoms with Crippen LogP contribution in [0, 0.1) is 5.92 Å². The lowest BCUT2D eigenvalue weighted by molar-refractivity contribution is -0.143. The monoisotopic (exact) mass is 432 g/mol. The van der Waals surface area contributed by atoms with E-state index in [0.717, 1.165) is 10.9 Å². The number of amides is 2. The number of hydrogen-bond acceptors (Lipinski definition) is 5. The summed E-state index contributed by atoms with van der Waals surface area (Å²) in [5.74, 6) is -4.05. The van der Waals surface area contributed by atoms with Crippen LogP contribution in [0.5, 0.6) is 0 Å². The van der Waals surface area contributed by atoms with E-state index in [1.807, 2.05) is 38.1 Å². The fraction of sp³-hybridized carbons (Fsp3) is 0.429. The van der Waals surface area contributed by atoms with E-state index in [2.05, 4.69) is 15.6 Å². The van der Waals surface area contributed by atoms with Crippen molar-refractivity contribution >= 4 is 34.7 Å². The number of benzene rings is 1. The minimum Gasteiger partial charge on any atom is -0.481 e. The van der Waals surface area contributed by atoms with Crippen molar-refractivity contribution in [2.24, 2.45) is 11.7 Å². The van der Waals surface area contributed by atoms with Crippen molar-refractivity contribution in [3.8, 4) is 0 Å². The molecule has 0 aliphatic heterocycles. The van der Waals surface area contributed by atoms with E-state index in [4.69, 9.17) is 10.8 Å². The molecule has 168 valence electrons. The molecule has 0 unspecified atom stereocenters. The van der Waals surface area contributed by atoms with E-state index < -0.39 is 48.3 Å². The van der Waals surface area contributed by atoms with E-state index >= 15 is 0 Å². The molecule has 31 heavy (non-hydrogen) atoms. The first kappa shape index (κ1) is 23.9. The van der Waals surface area contributed by atoms with Crippen LogP contribution in [0.1, 0.15) is 32.3 Å². The van der Waals surface area contributed by atoms with Gasteiger partial charge in [0.1, 0.15) is 12.1 Å². The summed E-state index contributed by atoms with van der Waals surface area (Å²) in [4.78, 5) is 50.9. The van der Waals surface area contributed by atoms with Crippen molar-refractivity contribution in [2.75, 3.05) is 0 Å². The van der Waals surface area contributed by atoms with Crippen molar-refractivity contribution < 1.29 is 29.4 Å². The Kier molecular flexibility index (Phi) is 8.14. The molecule has 7 N–H and O–H groups in total. The van der Waals surface area contributed by atoms with Gasteiger partial charge in [-0.1, -0.05) is 32.0 Å². The number of nitrogens with two attached hydrogens (primary N) is 1. The Morgan fingerprint density at radius 1 is 1.03 bits per heavy atom. The molecule has 0 aliphatic carbocycles. The Balaban J connectivity index is 2.13. The molecule has 0 radical (unpaired) electrons. The number of hydrogen-bond donors (Lipinski definition) is 6. The van der Waals surface area contributed by atoms with E-state index in [9.17, 15) is 24.3 Å². The molecule has 2 aromatic rings. The van der Waals surface area contributed by atoms with E-state index in [1.54, 1.807) is 6.20 Å². The number of carboxylic acid groups (broad SMARTS) is 2. The summed E-state index contributed by atoms with van der Waals surface area (Å²) in [5.41, 5.74) is 7.31. The van der Waals surface area contributed by atoms with Crippen molar-refractivity contribution in [3.63, 3.8) is 0 Å². The molecule has 0 aliphatic rings. The van der Waals surface area contributed by atoms with Gasteiger partial charge in [0.25, 0.3) is 0 Å². The lowest BCUT2D eigenvalue weighted by Gasteiger charge is -2.22. The maximum atomic E-state index is 12.7. The molecule has 2 rings (SSSR count). The van der Waals surface area contributed by atoms with Gasteiger partial charge >= 0.3 is 11.9 Å². The topological polar surface area (TPSA) is 175 Å². The van der Waals surface area contributed by atoms with E-state index in [-0.39, 0.29) is 12.3 Å². The van der Waals surface area contributed by atoms with Gasteiger partial charge in [-0.25, -0.2) is 4.79 Å². The molecule has 1 aromatic heterocycles. The second kappa shape index (κ2) is 10.6. The average Bonchev–Trinajstić information content (AvgIpc) is 3.08. The maximum absolute atomic E-state index is 12.7. The van der Waals surface area contributed by atoms with Crippen molar-refractivity contribution in [1.82, 2.24) is 15.6 Å². The maximum Gasteiger partial charge on any atom is 0.326 e. The highest BCUT2D eigenvalue weighted by Gasteiger charge is 2.30. The van der Waals surface area contributed by atoms with Gasteiger partial charge in [-0.15, -0.1) is 0 Å². The highest BCUT2D eigenvalue weighted by molar-refractivity contribution is 5.94. The van der Waals surface area contributed by atoms with Gasteiger partial charge in [0.15, 0.2) is 0 Å². The number of aliphatic carboxylic acids is 2. The number of carbonyl (C=O) groups is 4. The van der Waals surface area contributed by atoms with E-state index in [0.29, 0.717) is 12.0 Å². The van der Waals surface area contributed by atoms with Crippen LogP contribution in [0.3, 0.4) is 0 Å². The summed E-state index contributed by atoms with van der Waals surface area (Å²) in [5, 5.41) is 24.2. The third kappa shape index (κ3) is 6.82. The van der Waals surface area contributed by atoms with Crippen LogP contribution in [-0.4, -0.2) is 57.1 Å². The van der Waals surface area contributed by atoms with Crippen molar-refractivity contribution in [1.29, 1.82) is 0 Å². The van der Waals surface area contributed by atoms with Gasteiger partial charge < -0.3 is 31.6 Å². The van der Waals surface area contributed by atoms with Crippen LogP contribution >= 0.6 is 0 Å². The van der Waals surface area contributed by atoms with Crippen LogP contribution in [0.2, 0.25) is 0 Å². The smallest absolute Gasteiger partial charge is 0.326 e. The fourth-order valence-corrected chi connectivity index (χ4v) is 3.27. The summed E-state index contributed by atoms with van der Waals surface area (Å²) in [6.07, 6.45) is 1.29. The molecule has 2 amide bonds. The molecule has 0 spiro atoms. The van der Waals surface area contributed by atoms with Gasteiger partial charge in [0.05, 0.1) is 12.5 Å². The molecular weight excluding hydrogens is 404 g/mol. The first-order valence-electron chi connectivity index (χ1n) is 9.94. The minimum atomic E-state index is -1.45. The van der Waals surface area contributed by atoms with Crippen LogP contribution in [0.25, 0.3) is 10.9 Å². The Bertz CT molecular complexity index is 954. The summed E-state index contributed by atoms with van der Waals surface area (Å²) >= 11 is 0. The van der Waals surface area contributed by atoms with Gasteiger partial charge in [-0.2, -0.15) is 0 Å². The summed E-state index contributed by atoms with van der Waals surface area (Å²) in [6.45, 7) is 3.74. The number of nitrogens with one attached hydrogen (secondary N) is 3. The number of H-pyrrole nitrogens is 1. The molecule has 0 fully saturated rings. The molecule has 1 heterocycles. The van der Waals surface area contributed by atoms with Crippen LogP contribution < -0.4 is 16.4 Å². The lowest BCUT2D eigenvalue weighted by Crippen LogP contribution is -2.55. The quantitative estimate of drug-likeness (QED) is 0.301. The lowest BCUT2D eigenvalue weighted by atomic mass is 10.0. The number of aromatic amines is 1. The molecule has 3 atom stereocenters.